The molecule has 0 amide bonds. The number of rotatable bonds is 3. The van der Waals surface area contributed by atoms with Gasteiger partial charge in [-0.1, -0.05) is 6.07 Å². The number of benzene rings is 1. The van der Waals surface area contributed by atoms with Crippen molar-refractivity contribution in [1.29, 1.82) is 0 Å². The summed E-state index contributed by atoms with van der Waals surface area (Å²) in [6.07, 6.45) is -4.37. The Hall–Kier alpha value is -1.17. The predicted octanol–water partition coefficient (Wildman–Crippen LogP) is 3.36. The van der Waals surface area contributed by atoms with E-state index in [1.165, 1.54) is 19.2 Å². The van der Waals surface area contributed by atoms with Crippen molar-refractivity contribution < 1.29 is 22.7 Å². The van der Waals surface area contributed by atoms with E-state index in [0.29, 0.717) is 4.90 Å². The molecule has 6 heteroatoms. The maximum absolute atomic E-state index is 12.4. The van der Waals surface area contributed by atoms with E-state index in [4.69, 9.17) is 0 Å². The average Bonchev–Trinajstić information content (AvgIpc) is 2.27. The zero-order valence-corrected chi connectivity index (χ0v) is 10.1. The molecule has 17 heavy (non-hydrogen) atoms. The summed E-state index contributed by atoms with van der Waals surface area (Å²) < 4.78 is 41.8. The highest BCUT2D eigenvalue weighted by atomic mass is 32.2. The molecule has 0 aromatic heterocycles. The van der Waals surface area contributed by atoms with Crippen LogP contribution in [0.4, 0.5) is 13.2 Å². The van der Waals surface area contributed by atoms with E-state index in [1.807, 2.05) is 0 Å². The van der Waals surface area contributed by atoms with Gasteiger partial charge in [-0.05, 0) is 25.1 Å². The Morgan fingerprint density at radius 1 is 1.41 bits per heavy atom. The van der Waals surface area contributed by atoms with Gasteiger partial charge in [-0.3, -0.25) is 4.79 Å². The summed E-state index contributed by atoms with van der Waals surface area (Å²) in [4.78, 5) is 11.5. The topological polar surface area (TPSA) is 26.3 Å². The van der Waals surface area contributed by atoms with Crippen LogP contribution >= 0.6 is 11.8 Å². The van der Waals surface area contributed by atoms with E-state index >= 15 is 0 Å². The van der Waals surface area contributed by atoms with Gasteiger partial charge < -0.3 is 4.74 Å². The second-order valence-electron chi connectivity index (χ2n) is 3.31. The summed E-state index contributed by atoms with van der Waals surface area (Å²) in [5, 5.41) is -0.538. The highest BCUT2D eigenvalue weighted by Crippen LogP contribution is 2.33. The molecular weight excluding hydrogens is 253 g/mol. The Morgan fingerprint density at radius 2 is 2.06 bits per heavy atom. The van der Waals surface area contributed by atoms with Crippen molar-refractivity contribution in [2.24, 2.45) is 0 Å². The van der Waals surface area contributed by atoms with E-state index in [0.717, 1.165) is 23.9 Å². The van der Waals surface area contributed by atoms with Gasteiger partial charge in [0.1, 0.15) is 5.25 Å². The molecule has 1 aromatic carbocycles. The molecule has 0 aliphatic heterocycles. The van der Waals surface area contributed by atoms with Crippen molar-refractivity contribution in [1.82, 2.24) is 0 Å². The van der Waals surface area contributed by atoms with Gasteiger partial charge in [-0.15, -0.1) is 11.8 Å². The van der Waals surface area contributed by atoms with Crippen molar-refractivity contribution in [2.75, 3.05) is 7.11 Å². The molecule has 0 saturated heterocycles. The Kier molecular flexibility index (Phi) is 4.45. The first-order chi connectivity index (χ1) is 7.84. The van der Waals surface area contributed by atoms with Crippen LogP contribution in [0.25, 0.3) is 0 Å². The molecule has 1 atom stereocenters. The number of hydrogen-bond donors (Lipinski definition) is 0. The molecule has 1 aromatic rings. The summed E-state index contributed by atoms with van der Waals surface area (Å²) in [5.41, 5.74) is -0.723. The van der Waals surface area contributed by atoms with Crippen LogP contribution in [-0.4, -0.2) is 18.3 Å². The molecule has 0 heterocycles. The summed E-state index contributed by atoms with van der Waals surface area (Å²) in [5.74, 6) is -0.465. The fraction of sp³-hybridized carbons (Fsp3) is 0.364. The number of hydrogen-bond acceptors (Lipinski definition) is 3. The molecule has 0 spiro atoms. The summed E-state index contributed by atoms with van der Waals surface area (Å²) >= 11 is 1.03. The first kappa shape index (κ1) is 13.9. The summed E-state index contributed by atoms with van der Waals surface area (Å²) in [7, 11) is 1.24. The molecule has 94 valence electrons. The minimum Gasteiger partial charge on any atom is -0.468 e. The van der Waals surface area contributed by atoms with Gasteiger partial charge >= 0.3 is 12.1 Å². The number of thioether (sulfide) groups is 1. The third-order valence-corrected chi connectivity index (χ3v) is 3.08. The maximum Gasteiger partial charge on any atom is 0.416 e. The molecule has 1 rings (SSSR count). The van der Waals surface area contributed by atoms with Crippen molar-refractivity contribution in [3.63, 3.8) is 0 Å². The zero-order valence-electron chi connectivity index (χ0n) is 9.25. The minimum absolute atomic E-state index is 0.387. The van der Waals surface area contributed by atoms with Gasteiger partial charge in [0.25, 0.3) is 0 Å². The van der Waals surface area contributed by atoms with Crippen LogP contribution in [0, 0.1) is 0 Å². The van der Waals surface area contributed by atoms with E-state index < -0.39 is 23.0 Å². The second-order valence-corrected chi connectivity index (χ2v) is 4.72. The standard InChI is InChI=1S/C11H11F3O2S/c1-7(10(15)16-2)17-9-5-3-4-8(6-9)11(12,13)14/h3-7H,1-2H3. The Morgan fingerprint density at radius 3 is 2.59 bits per heavy atom. The van der Waals surface area contributed by atoms with Gasteiger partial charge in [0.2, 0.25) is 0 Å². The SMILES string of the molecule is COC(=O)C(C)Sc1cccc(C(F)(F)F)c1. The van der Waals surface area contributed by atoms with E-state index in [9.17, 15) is 18.0 Å². The van der Waals surface area contributed by atoms with Gasteiger partial charge in [-0.2, -0.15) is 13.2 Å². The molecule has 0 N–H and O–H groups in total. The molecule has 0 saturated carbocycles. The Labute approximate surface area is 101 Å². The van der Waals surface area contributed by atoms with Gasteiger partial charge in [0, 0.05) is 4.90 Å². The fourth-order valence-electron chi connectivity index (χ4n) is 1.16. The van der Waals surface area contributed by atoms with Crippen molar-refractivity contribution in [2.45, 2.75) is 23.2 Å². The second kappa shape index (κ2) is 5.44. The van der Waals surface area contributed by atoms with E-state index in [-0.39, 0.29) is 0 Å². The highest BCUT2D eigenvalue weighted by Gasteiger charge is 2.30. The predicted molar refractivity (Wildman–Crippen MR) is 58.8 cm³/mol. The van der Waals surface area contributed by atoms with Crippen molar-refractivity contribution >= 4 is 17.7 Å². The summed E-state index contributed by atoms with van der Waals surface area (Å²) in [6.45, 7) is 1.58. The highest BCUT2D eigenvalue weighted by molar-refractivity contribution is 8.00. The van der Waals surface area contributed by atoms with Crippen LogP contribution in [0.5, 0.6) is 0 Å². The first-order valence-electron chi connectivity index (χ1n) is 4.76. The average molecular weight is 264 g/mol. The van der Waals surface area contributed by atoms with Gasteiger partial charge in [0.05, 0.1) is 12.7 Å². The Bertz CT molecular complexity index is 404. The lowest BCUT2D eigenvalue weighted by atomic mass is 10.2. The number of methoxy groups -OCH3 is 1. The molecule has 0 fully saturated rings. The first-order valence-corrected chi connectivity index (χ1v) is 5.64. The Balaban J connectivity index is 2.83. The van der Waals surface area contributed by atoms with Gasteiger partial charge in [0.15, 0.2) is 0 Å². The zero-order chi connectivity index (χ0) is 13.1. The third kappa shape index (κ3) is 3.96. The van der Waals surface area contributed by atoms with Crippen LogP contribution in [0.1, 0.15) is 12.5 Å². The molecular formula is C11H11F3O2S. The lowest BCUT2D eigenvalue weighted by molar-refractivity contribution is -0.139. The number of carbonyl (C=O) groups is 1. The molecule has 0 aliphatic carbocycles. The monoisotopic (exact) mass is 264 g/mol. The summed E-state index contributed by atoms with van der Waals surface area (Å²) in [6, 6.07) is 4.85. The van der Waals surface area contributed by atoms with Crippen LogP contribution in [0.3, 0.4) is 0 Å². The molecule has 2 nitrogen and oxygen atoms in total. The van der Waals surface area contributed by atoms with E-state index in [1.54, 1.807) is 6.92 Å². The van der Waals surface area contributed by atoms with Crippen LogP contribution in [-0.2, 0) is 15.7 Å². The minimum atomic E-state index is -4.37. The number of ether oxygens (including phenoxy) is 1. The largest absolute Gasteiger partial charge is 0.468 e. The van der Waals surface area contributed by atoms with Gasteiger partial charge in [-0.25, -0.2) is 0 Å². The van der Waals surface area contributed by atoms with Crippen molar-refractivity contribution in [3.8, 4) is 0 Å². The molecule has 0 radical (unpaired) electrons. The fourth-order valence-corrected chi connectivity index (χ4v) is 2.12. The number of alkyl halides is 3. The third-order valence-electron chi connectivity index (χ3n) is 2.01. The quantitative estimate of drug-likeness (QED) is 0.618. The van der Waals surface area contributed by atoms with Crippen LogP contribution in [0.15, 0.2) is 29.2 Å². The maximum atomic E-state index is 12.4. The lowest BCUT2D eigenvalue weighted by Gasteiger charge is -2.11. The molecule has 1 unspecified atom stereocenters. The van der Waals surface area contributed by atoms with Crippen molar-refractivity contribution in [3.05, 3.63) is 29.8 Å². The van der Waals surface area contributed by atoms with E-state index in [2.05, 4.69) is 4.74 Å². The number of esters is 1. The lowest BCUT2D eigenvalue weighted by Crippen LogP contribution is -2.14. The normalized spacial score (nSPS) is 13.2. The molecule has 0 aliphatic rings. The van der Waals surface area contributed by atoms with Crippen LogP contribution < -0.4 is 0 Å². The molecule has 0 bridgehead atoms. The number of halogens is 3. The van der Waals surface area contributed by atoms with Crippen LogP contribution in [0.2, 0.25) is 0 Å². The smallest absolute Gasteiger partial charge is 0.416 e. The number of carbonyl (C=O) groups excluding carboxylic acids is 1.